The van der Waals surface area contributed by atoms with Crippen molar-refractivity contribution in [3.8, 4) is 5.75 Å². The molecule has 1 heterocycles. The fourth-order valence-corrected chi connectivity index (χ4v) is 1.19. The van der Waals surface area contributed by atoms with Crippen molar-refractivity contribution in [2.45, 2.75) is 26.4 Å². The zero-order chi connectivity index (χ0) is 12.9. The number of benzene rings is 1. The number of aromatic nitrogens is 1. The van der Waals surface area contributed by atoms with Crippen LogP contribution in [0.2, 0.25) is 0 Å². The molecule has 17 heavy (non-hydrogen) atoms. The molecule has 1 aromatic carbocycles. The molecule has 0 radical (unpaired) electrons. The summed E-state index contributed by atoms with van der Waals surface area (Å²) in [7, 11) is 0. The summed E-state index contributed by atoms with van der Waals surface area (Å²) in [4.78, 5) is 12.6. The molecule has 92 valence electrons. The fraction of sp³-hybridized carbons (Fsp3) is 0.308. The minimum atomic E-state index is -0.318. The van der Waals surface area contributed by atoms with Crippen LogP contribution in [0.25, 0.3) is 10.9 Å². The third kappa shape index (κ3) is 4.59. The lowest BCUT2D eigenvalue weighted by Crippen LogP contribution is -2.17. The molecular formula is C13H17NO3. The van der Waals surface area contributed by atoms with E-state index < -0.39 is 0 Å². The number of rotatable bonds is 1. The molecular weight excluding hydrogens is 218 g/mol. The minimum absolute atomic E-state index is 0.312. The number of phenols is 1. The predicted octanol–water partition coefficient (Wildman–Crippen LogP) is 2.83. The van der Waals surface area contributed by atoms with E-state index in [4.69, 9.17) is 5.11 Å². The van der Waals surface area contributed by atoms with Crippen molar-refractivity contribution in [1.82, 2.24) is 4.98 Å². The maximum absolute atomic E-state index is 9.60. The van der Waals surface area contributed by atoms with Crippen LogP contribution < -0.4 is 0 Å². The van der Waals surface area contributed by atoms with E-state index in [1.165, 1.54) is 0 Å². The Morgan fingerprint density at radius 2 is 2.00 bits per heavy atom. The Balaban J connectivity index is 0.000000185. The summed E-state index contributed by atoms with van der Waals surface area (Å²) < 4.78 is 4.55. The van der Waals surface area contributed by atoms with Gasteiger partial charge >= 0.3 is 0 Å². The highest BCUT2D eigenvalue weighted by Gasteiger charge is 2.07. The van der Waals surface area contributed by atoms with Gasteiger partial charge in [-0.05, 0) is 45.0 Å². The number of carbonyl (C=O) groups excluding carboxylic acids is 1. The summed E-state index contributed by atoms with van der Waals surface area (Å²) in [6.07, 6.45) is 1.85. The van der Waals surface area contributed by atoms with E-state index in [9.17, 15) is 4.79 Å². The van der Waals surface area contributed by atoms with Crippen LogP contribution >= 0.6 is 0 Å². The number of aromatic amines is 1. The molecule has 1 aromatic heterocycles. The average Bonchev–Trinajstić information content (AvgIpc) is 2.63. The third-order valence-electron chi connectivity index (χ3n) is 1.94. The summed E-state index contributed by atoms with van der Waals surface area (Å²) in [5.41, 5.74) is 0.736. The molecule has 0 fully saturated rings. The van der Waals surface area contributed by atoms with Crippen molar-refractivity contribution in [3.05, 3.63) is 30.5 Å². The van der Waals surface area contributed by atoms with Gasteiger partial charge in [-0.25, -0.2) is 0 Å². The van der Waals surface area contributed by atoms with Gasteiger partial charge in [-0.3, -0.25) is 4.79 Å². The van der Waals surface area contributed by atoms with E-state index in [1.54, 1.807) is 12.1 Å². The average molecular weight is 235 g/mol. The maximum Gasteiger partial charge on any atom is 0.293 e. The first kappa shape index (κ1) is 13.1. The molecule has 4 heteroatoms. The lowest BCUT2D eigenvalue weighted by Gasteiger charge is -2.14. The monoisotopic (exact) mass is 235 g/mol. The molecule has 0 bridgehead atoms. The minimum Gasteiger partial charge on any atom is -0.508 e. The Kier molecular flexibility index (Phi) is 4.15. The number of fused-ring (bicyclic) bond motifs is 1. The molecule has 0 unspecified atom stereocenters. The van der Waals surface area contributed by atoms with Gasteiger partial charge in [0.25, 0.3) is 6.47 Å². The van der Waals surface area contributed by atoms with Crippen molar-refractivity contribution in [1.29, 1.82) is 0 Å². The van der Waals surface area contributed by atoms with Crippen LogP contribution in [0.5, 0.6) is 5.75 Å². The molecule has 0 aliphatic carbocycles. The highest BCUT2D eigenvalue weighted by molar-refractivity contribution is 5.80. The topological polar surface area (TPSA) is 62.3 Å². The van der Waals surface area contributed by atoms with Crippen molar-refractivity contribution in [2.24, 2.45) is 0 Å². The van der Waals surface area contributed by atoms with Gasteiger partial charge in [-0.2, -0.15) is 0 Å². The van der Waals surface area contributed by atoms with E-state index in [2.05, 4.69) is 9.72 Å². The Morgan fingerprint density at radius 1 is 1.29 bits per heavy atom. The van der Waals surface area contributed by atoms with Gasteiger partial charge in [-0.1, -0.05) is 0 Å². The quantitative estimate of drug-likeness (QED) is 0.747. The van der Waals surface area contributed by atoms with Gasteiger partial charge in [0.05, 0.1) is 0 Å². The zero-order valence-corrected chi connectivity index (χ0v) is 10.2. The van der Waals surface area contributed by atoms with Crippen LogP contribution in [0.15, 0.2) is 30.5 Å². The number of hydrogen-bond donors (Lipinski definition) is 2. The second kappa shape index (κ2) is 5.39. The number of carbonyl (C=O) groups is 1. The zero-order valence-electron chi connectivity index (χ0n) is 10.2. The van der Waals surface area contributed by atoms with Gasteiger partial charge in [-0.15, -0.1) is 0 Å². The molecule has 2 aromatic rings. The van der Waals surface area contributed by atoms with Gasteiger partial charge < -0.3 is 14.8 Å². The standard InChI is InChI=1S/C8H7NO.C5H10O2/c10-7-1-2-8-6(5-7)3-4-9-8;1-5(2,3)7-4-6/h1-5,9-10H;4H,1-3H3. The van der Waals surface area contributed by atoms with Crippen molar-refractivity contribution < 1.29 is 14.6 Å². The molecule has 0 aliphatic heterocycles. The number of aromatic hydroxyl groups is 1. The molecule has 0 atom stereocenters. The third-order valence-corrected chi connectivity index (χ3v) is 1.94. The van der Waals surface area contributed by atoms with Crippen LogP contribution in [0.3, 0.4) is 0 Å². The first-order chi connectivity index (χ1) is 7.92. The molecule has 2 rings (SSSR count). The second-order valence-corrected chi connectivity index (χ2v) is 4.58. The van der Waals surface area contributed by atoms with E-state index in [-0.39, 0.29) is 5.60 Å². The van der Waals surface area contributed by atoms with Crippen LogP contribution in [-0.4, -0.2) is 22.2 Å². The van der Waals surface area contributed by atoms with E-state index in [0.29, 0.717) is 12.2 Å². The summed E-state index contributed by atoms with van der Waals surface area (Å²) in [5, 5.41) is 10.1. The van der Waals surface area contributed by atoms with E-state index >= 15 is 0 Å². The Morgan fingerprint density at radius 3 is 2.53 bits per heavy atom. The SMILES string of the molecule is CC(C)(C)OC=O.Oc1ccc2[nH]ccc2c1. The van der Waals surface area contributed by atoms with Crippen molar-refractivity contribution >= 4 is 17.4 Å². The molecule has 0 saturated heterocycles. The highest BCUT2D eigenvalue weighted by Crippen LogP contribution is 2.17. The normalized spacial score (nSPS) is 10.5. The first-order valence-corrected chi connectivity index (χ1v) is 5.30. The summed E-state index contributed by atoms with van der Waals surface area (Å²) in [5.74, 6) is 0.312. The second-order valence-electron chi connectivity index (χ2n) is 4.58. The molecule has 0 amide bonds. The fourth-order valence-electron chi connectivity index (χ4n) is 1.19. The van der Waals surface area contributed by atoms with Crippen LogP contribution in [0.4, 0.5) is 0 Å². The number of hydrogen-bond acceptors (Lipinski definition) is 3. The van der Waals surface area contributed by atoms with Gasteiger partial charge in [0.1, 0.15) is 11.4 Å². The van der Waals surface area contributed by atoms with Crippen molar-refractivity contribution in [3.63, 3.8) is 0 Å². The lowest BCUT2D eigenvalue weighted by atomic mass is 10.2. The van der Waals surface area contributed by atoms with Gasteiger partial charge in [0.2, 0.25) is 0 Å². The van der Waals surface area contributed by atoms with Crippen LogP contribution in [0, 0.1) is 0 Å². The van der Waals surface area contributed by atoms with E-state index in [0.717, 1.165) is 10.9 Å². The highest BCUT2D eigenvalue weighted by atomic mass is 16.5. The molecule has 2 N–H and O–H groups in total. The van der Waals surface area contributed by atoms with Crippen molar-refractivity contribution in [2.75, 3.05) is 0 Å². The Hall–Kier alpha value is -1.97. The van der Waals surface area contributed by atoms with Crippen LogP contribution in [0.1, 0.15) is 20.8 Å². The lowest BCUT2D eigenvalue weighted by molar-refractivity contribution is -0.138. The molecule has 0 spiro atoms. The predicted molar refractivity (Wildman–Crippen MR) is 66.9 cm³/mol. The van der Waals surface area contributed by atoms with E-state index in [1.807, 2.05) is 39.1 Å². The smallest absolute Gasteiger partial charge is 0.293 e. The molecule has 0 aliphatic rings. The summed E-state index contributed by atoms with van der Waals surface area (Å²) in [6.45, 7) is 5.92. The van der Waals surface area contributed by atoms with Gasteiger partial charge in [0, 0.05) is 17.1 Å². The van der Waals surface area contributed by atoms with Crippen LogP contribution in [-0.2, 0) is 9.53 Å². The maximum atomic E-state index is 9.60. The number of nitrogens with one attached hydrogen (secondary N) is 1. The summed E-state index contributed by atoms with van der Waals surface area (Å²) in [6, 6.07) is 7.17. The van der Waals surface area contributed by atoms with Gasteiger partial charge in [0.15, 0.2) is 0 Å². The molecule has 0 saturated carbocycles. The number of phenolic OH excluding ortho intramolecular Hbond substituents is 1. The Labute approximate surface area is 100 Å². The first-order valence-electron chi connectivity index (χ1n) is 5.30. The summed E-state index contributed by atoms with van der Waals surface area (Å²) >= 11 is 0. The number of H-pyrrole nitrogens is 1. The Bertz CT molecular complexity index is 483. The largest absolute Gasteiger partial charge is 0.508 e. The number of ether oxygens (including phenoxy) is 1. The molecule has 4 nitrogen and oxygen atoms in total.